The first-order valence-corrected chi connectivity index (χ1v) is 3.77. The zero-order valence-corrected chi connectivity index (χ0v) is 7.18. The molecule has 0 saturated carbocycles. The molecular formula is C8H16O2. The predicted octanol–water partition coefficient (Wildman–Crippen LogP) is 1.79. The first-order valence-electron chi connectivity index (χ1n) is 3.77. The van der Waals surface area contributed by atoms with Gasteiger partial charge in [-0.3, -0.25) is 0 Å². The minimum atomic E-state index is -0.00998. The van der Waals surface area contributed by atoms with Crippen LogP contribution in [0.25, 0.3) is 0 Å². The second-order valence-corrected chi connectivity index (χ2v) is 3.89. The molecule has 0 N–H and O–H groups in total. The lowest BCUT2D eigenvalue weighted by molar-refractivity contribution is -0.0623. The van der Waals surface area contributed by atoms with Gasteiger partial charge in [-0.1, -0.05) is 20.8 Å². The Kier molecular flexibility index (Phi) is 2.02. The minimum Gasteiger partial charge on any atom is -0.350 e. The molecule has 0 spiro atoms. The quantitative estimate of drug-likeness (QED) is 0.516. The maximum atomic E-state index is 5.50. The van der Waals surface area contributed by atoms with E-state index in [4.69, 9.17) is 9.47 Å². The lowest BCUT2D eigenvalue weighted by Gasteiger charge is -2.24. The molecule has 2 heteroatoms. The standard InChI is InChI=1S/C8H16O2/c1-6-9-5-7(10-6)8(2,3)4/h6-7H,5H2,1-4H3/t6-,7-/m0/s1. The first-order chi connectivity index (χ1) is 4.50. The molecule has 0 unspecified atom stereocenters. The summed E-state index contributed by atoms with van der Waals surface area (Å²) >= 11 is 0. The highest BCUT2D eigenvalue weighted by Crippen LogP contribution is 2.27. The van der Waals surface area contributed by atoms with Crippen LogP contribution in [0.4, 0.5) is 0 Å². The average molecular weight is 144 g/mol. The van der Waals surface area contributed by atoms with Crippen molar-refractivity contribution in [3.63, 3.8) is 0 Å². The Labute approximate surface area is 62.5 Å². The van der Waals surface area contributed by atoms with Gasteiger partial charge in [-0.25, -0.2) is 0 Å². The molecule has 1 rings (SSSR count). The molecule has 0 aromatic rings. The second kappa shape index (κ2) is 2.51. The van der Waals surface area contributed by atoms with E-state index in [9.17, 15) is 0 Å². The third-order valence-electron chi connectivity index (χ3n) is 1.80. The van der Waals surface area contributed by atoms with Crippen molar-refractivity contribution >= 4 is 0 Å². The Morgan fingerprint density at radius 3 is 2.10 bits per heavy atom. The Morgan fingerprint density at radius 1 is 1.30 bits per heavy atom. The number of hydrogen-bond donors (Lipinski definition) is 0. The highest BCUT2D eigenvalue weighted by molar-refractivity contribution is 4.77. The van der Waals surface area contributed by atoms with Gasteiger partial charge in [0.05, 0.1) is 12.7 Å². The first kappa shape index (κ1) is 8.02. The summed E-state index contributed by atoms with van der Waals surface area (Å²) < 4.78 is 10.8. The van der Waals surface area contributed by atoms with Gasteiger partial charge in [0.1, 0.15) is 0 Å². The molecule has 0 radical (unpaired) electrons. The van der Waals surface area contributed by atoms with Gasteiger partial charge in [-0.2, -0.15) is 0 Å². The maximum absolute atomic E-state index is 5.50. The van der Waals surface area contributed by atoms with Crippen LogP contribution in [0.15, 0.2) is 0 Å². The molecule has 2 nitrogen and oxygen atoms in total. The molecule has 2 atom stereocenters. The molecule has 0 aromatic carbocycles. The van der Waals surface area contributed by atoms with E-state index in [1.807, 2.05) is 6.92 Å². The van der Waals surface area contributed by atoms with Crippen molar-refractivity contribution in [2.24, 2.45) is 5.41 Å². The van der Waals surface area contributed by atoms with Crippen molar-refractivity contribution in [3.8, 4) is 0 Å². The van der Waals surface area contributed by atoms with Crippen molar-refractivity contribution < 1.29 is 9.47 Å². The highest BCUT2D eigenvalue weighted by atomic mass is 16.7. The Hall–Kier alpha value is -0.0800. The summed E-state index contributed by atoms with van der Waals surface area (Å²) in [6.45, 7) is 9.17. The lowest BCUT2D eigenvalue weighted by atomic mass is 9.90. The topological polar surface area (TPSA) is 18.5 Å². The number of ether oxygens (including phenoxy) is 2. The summed E-state index contributed by atoms with van der Waals surface area (Å²) in [5, 5.41) is 0. The van der Waals surface area contributed by atoms with E-state index in [2.05, 4.69) is 20.8 Å². The molecule has 0 aliphatic carbocycles. The number of hydrogen-bond acceptors (Lipinski definition) is 2. The van der Waals surface area contributed by atoms with Crippen LogP contribution in [0.2, 0.25) is 0 Å². The second-order valence-electron chi connectivity index (χ2n) is 3.89. The Bertz CT molecular complexity index is 115. The van der Waals surface area contributed by atoms with Crippen molar-refractivity contribution in [3.05, 3.63) is 0 Å². The SMILES string of the molecule is C[C@H]1OC[C@@H](C(C)(C)C)O1. The molecule has 1 aliphatic heterocycles. The Balaban J connectivity index is 2.45. The molecule has 60 valence electrons. The normalized spacial score (nSPS) is 34.8. The Morgan fingerprint density at radius 2 is 1.90 bits per heavy atom. The van der Waals surface area contributed by atoms with Gasteiger partial charge in [0.25, 0.3) is 0 Å². The van der Waals surface area contributed by atoms with Crippen LogP contribution >= 0.6 is 0 Å². The zero-order chi connectivity index (χ0) is 7.78. The molecule has 1 heterocycles. The van der Waals surface area contributed by atoms with Crippen LogP contribution in [0.3, 0.4) is 0 Å². The van der Waals surface area contributed by atoms with Crippen LogP contribution in [0.5, 0.6) is 0 Å². The summed E-state index contributed by atoms with van der Waals surface area (Å²) in [7, 11) is 0. The van der Waals surface area contributed by atoms with E-state index < -0.39 is 0 Å². The fraction of sp³-hybridized carbons (Fsp3) is 1.00. The van der Waals surface area contributed by atoms with Gasteiger partial charge in [0.2, 0.25) is 0 Å². The molecule has 0 bridgehead atoms. The zero-order valence-electron chi connectivity index (χ0n) is 7.18. The maximum Gasteiger partial charge on any atom is 0.155 e. The van der Waals surface area contributed by atoms with Crippen molar-refractivity contribution in [1.82, 2.24) is 0 Å². The molecule has 0 amide bonds. The van der Waals surface area contributed by atoms with E-state index in [0.717, 1.165) is 6.61 Å². The largest absolute Gasteiger partial charge is 0.350 e. The van der Waals surface area contributed by atoms with Gasteiger partial charge < -0.3 is 9.47 Å². The van der Waals surface area contributed by atoms with E-state index in [1.165, 1.54) is 0 Å². The molecule has 1 aliphatic rings. The summed E-state index contributed by atoms with van der Waals surface area (Å²) in [6, 6.07) is 0. The third kappa shape index (κ3) is 1.70. The van der Waals surface area contributed by atoms with Gasteiger partial charge in [0.15, 0.2) is 6.29 Å². The van der Waals surface area contributed by atoms with Crippen LogP contribution in [0.1, 0.15) is 27.7 Å². The van der Waals surface area contributed by atoms with Gasteiger partial charge in [-0.05, 0) is 12.3 Å². The van der Waals surface area contributed by atoms with E-state index in [0.29, 0.717) is 0 Å². The van der Waals surface area contributed by atoms with E-state index >= 15 is 0 Å². The molecule has 1 saturated heterocycles. The van der Waals surface area contributed by atoms with Gasteiger partial charge >= 0.3 is 0 Å². The van der Waals surface area contributed by atoms with Crippen LogP contribution in [0, 0.1) is 5.41 Å². The van der Waals surface area contributed by atoms with Crippen LogP contribution in [-0.2, 0) is 9.47 Å². The molecule has 1 fully saturated rings. The van der Waals surface area contributed by atoms with Gasteiger partial charge in [-0.15, -0.1) is 0 Å². The van der Waals surface area contributed by atoms with Gasteiger partial charge in [0, 0.05) is 0 Å². The highest BCUT2D eigenvalue weighted by Gasteiger charge is 2.32. The predicted molar refractivity (Wildman–Crippen MR) is 39.7 cm³/mol. The van der Waals surface area contributed by atoms with Crippen molar-refractivity contribution in [2.75, 3.05) is 6.61 Å². The average Bonchev–Trinajstić information content (AvgIpc) is 2.11. The van der Waals surface area contributed by atoms with Crippen LogP contribution in [-0.4, -0.2) is 19.0 Å². The third-order valence-corrected chi connectivity index (χ3v) is 1.80. The fourth-order valence-corrected chi connectivity index (χ4v) is 0.987. The summed E-state index contributed by atoms with van der Waals surface area (Å²) in [5.74, 6) is 0. The van der Waals surface area contributed by atoms with Crippen molar-refractivity contribution in [1.29, 1.82) is 0 Å². The lowest BCUT2D eigenvalue weighted by Crippen LogP contribution is -2.28. The van der Waals surface area contributed by atoms with Crippen LogP contribution < -0.4 is 0 Å². The number of rotatable bonds is 0. The molecule has 0 aromatic heterocycles. The molecule has 10 heavy (non-hydrogen) atoms. The fourth-order valence-electron chi connectivity index (χ4n) is 0.987. The minimum absolute atomic E-state index is 0.00998. The summed E-state index contributed by atoms with van der Waals surface area (Å²) in [6.07, 6.45) is 0.256. The smallest absolute Gasteiger partial charge is 0.155 e. The summed E-state index contributed by atoms with van der Waals surface area (Å²) in [5.41, 5.74) is 0.213. The van der Waals surface area contributed by atoms with E-state index in [-0.39, 0.29) is 17.8 Å². The van der Waals surface area contributed by atoms with Crippen molar-refractivity contribution in [2.45, 2.75) is 40.1 Å². The monoisotopic (exact) mass is 144 g/mol. The van der Waals surface area contributed by atoms with E-state index in [1.54, 1.807) is 0 Å². The molecular weight excluding hydrogens is 128 g/mol. The summed E-state index contributed by atoms with van der Waals surface area (Å²) in [4.78, 5) is 0.